The van der Waals surface area contributed by atoms with Gasteiger partial charge in [0.05, 0.1) is 12.7 Å². The van der Waals surface area contributed by atoms with Crippen molar-refractivity contribution in [1.29, 1.82) is 0 Å². The molecule has 0 aromatic rings. The summed E-state index contributed by atoms with van der Waals surface area (Å²) >= 11 is 0. The van der Waals surface area contributed by atoms with Crippen LogP contribution < -0.4 is 0 Å². The summed E-state index contributed by atoms with van der Waals surface area (Å²) in [6.07, 6.45) is 10.2. The second-order valence-electron chi connectivity index (χ2n) is 3.17. The molecule has 0 aromatic carbocycles. The average molecular weight is 176 g/mol. The van der Waals surface area contributed by atoms with E-state index in [1.807, 2.05) is 19.1 Å². The predicted octanol–water partition coefficient (Wildman–Crippen LogP) is 3.02. The minimum absolute atomic E-state index is 0.0416. The van der Waals surface area contributed by atoms with Crippen molar-refractivity contribution in [2.24, 2.45) is 0 Å². The second kappa shape index (κ2) is 4.83. The van der Waals surface area contributed by atoms with E-state index in [-0.39, 0.29) is 6.10 Å². The van der Waals surface area contributed by atoms with Gasteiger partial charge in [-0.3, -0.25) is 0 Å². The summed E-state index contributed by atoms with van der Waals surface area (Å²) in [4.78, 5) is 0. The molecule has 1 aliphatic rings. The maximum absolute atomic E-state index is 5.54. The van der Waals surface area contributed by atoms with E-state index < -0.39 is 0 Å². The molecule has 1 heterocycles. The molecule has 1 atom stereocenters. The van der Waals surface area contributed by atoms with Crippen molar-refractivity contribution in [1.82, 2.24) is 0 Å². The Morgan fingerprint density at radius 2 is 2.38 bits per heavy atom. The maximum atomic E-state index is 5.54. The number of hydrogen-bond donors (Lipinski definition) is 0. The van der Waals surface area contributed by atoms with Crippen LogP contribution in [0.3, 0.4) is 0 Å². The normalized spacial score (nSPS) is 23.7. The van der Waals surface area contributed by atoms with Crippen molar-refractivity contribution >= 4 is 0 Å². The molecule has 70 valence electrons. The first-order chi connectivity index (χ1) is 6.26. The lowest BCUT2D eigenvalue weighted by atomic mass is 10.1. The van der Waals surface area contributed by atoms with Gasteiger partial charge in [-0.15, -0.1) is 6.58 Å². The standard InChI is InChI=1S/C12H16O/c1-4-6-11-7-10(3)9-13-12(5-2)8-11/h4-8,12H,2,9H2,1,3H3/b6-4-. The lowest BCUT2D eigenvalue weighted by Gasteiger charge is -2.06. The van der Waals surface area contributed by atoms with Gasteiger partial charge in [-0.1, -0.05) is 24.3 Å². The Hall–Kier alpha value is -1.08. The van der Waals surface area contributed by atoms with Crippen LogP contribution in [0.15, 0.2) is 48.1 Å². The molecule has 0 aliphatic carbocycles. The van der Waals surface area contributed by atoms with Gasteiger partial charge in [0.1, 0.15) is 0 Å². The summed E-state index contributed by atoms with van der Waals surface area (Å²) in [7, 11) is 0. The lowest BCUT2D eigenvalue weighted by Crippen LogP contribution is -2.06. The Morgan fingerprint density at radius 1 is 1.62 bits per heavy atom. The highest BCUT2D eigenvalue weighted by Gasteiger charge is 2.05. The molecule has 0 amide bonds. The lowest BCUT2D eigenvalue weighted by molar-refractivity contribution is 0.138. The first kappa shape index (κ1) is 10.0. The van der Waals surface area contributed by atoms with Crippen molar-refractivity contribution in [3.63, 3.8) is 0 Å². The average Bonchev–Trinajstić information content (AvgIpc) is 2.28. The molecule has 1 rings (SSSR count). The van der Waals surface area contributed by atoms with Gasteiger partial charge in [0.2, 0.25) is 0 Å². The molecule has 1 aliphatic heterocycles. The first-order valence-electron chi connectivity index (χ1n) is 4.52. The van der Waals surface area contributed by atoms with Gasteiger partial charge >= 0.3 is 0 Å². The van der Waals surface area contributed by atoms with Gasteiger partial charge in [-0.25, -0.2) is 0 Å². The highest BCUT2D eigenvalue weighted by molar-refractivity contribution is 5.35. The zero-order chi connectivity index (χ0) is 9.68. The SMILES string of the molecule is C=CC1C=C(/C=C\C)C=C(C)CO1. The fourth-order valence-corrected chi connectivity index (χ4v) is 1.27. The van der Waals surface area contributed by atoms with Crippen LogP contribution in [0.2, 0.25) is 0 Å². The van der Waals surface area contributed by atoms with E-state index in [0.717, 1.165) is 0 Å². The second-order valence-corrected chi connectivity index (χ2v) is 3.17. The van der Waals surface area contributed by atoms with Crippen LogP contribution >= 0.6 is 0 Å². The van der Waals surface area contributed by atoms with Gasteiger partial charge in [-0.2, -0.15) is 0 Å². The molecule has 0 fully saturated rings. The van der Waals surface area contributed by atoms with Crippen LogP contribution in [0.25, 0.3) is 0 Å². The predicted molar refractivity (Wildman–Crippen MR) is 56.6 cm³/mol. The molecule has 0 saturated heterocycles. The molecule has 1 heteroatoms. The molecular weight excluding hydrogens is 160 g/mol. The summed E-state index contributed by atoms with van der Waals surface area (Å²) in [6.45, 7) is 8.50. The van der Waals surface area contributed by atoms with Gasteiger partial charge in [0.25, 0.3) is 0 Å². The van der Waals surface area contributed by atoms with Crippen LogP contribution in [0.4, 0.5) is 0 Å². The summed E-state index contributed by atoms with van der Waals surface area (Å²) in [5.41, 5.74) is 2.44. The van der Waals surface area contributed by atoms with E-state index >= 15 is 0 Å². The molecule has 1 nitrogen and oxygen atoms in total. The van der Waals surface area contributed by atoms with Crippen molar-refractivity contribution in [3.8, 4) is 0 Å². The van der Waals surface area contributed by atoms with E-state index in [9.17, 15) is 0 Å². The number of hydrogen-bond acceptors (Lipinski definition) is 1. The third-order valence-corrected chi connectivity index (χ3v) is 1.86. The van der Waals surface area contributed by atoms with Gasteiger partial charge in [0, 0.05) is 0 Å². The fraction of sp³-hybridized carbons (Fsp3) is 0.333. The molecule has 0 spiro atoms. The van der Waals surface area contributed by atoms with Crippen molar-refractivity contribution < 1.29 is 4.74 Å². The van der Waals surface area contributed by atoms with Crippen LogP contribution in [0, 0.1) is 0 Å². The molecule has 0 N–H and O–H groups in total. The number of ether oxygens (including phenoxy) is 1. The zero-order valence-electron chi connectivity index (χ0n) is 8.29. The van der Waals surface area contributed by atoms with E-state index in [0.29, 0.717) is 6.61 Å². The van der Waals surface area contributed by atoms with E-state index in [2.05, 4.69) is 31.7 Å². The number of allylic oxidation sites excluding steroid dienone is 4. The smallest absolute Gasteiger partial charge is 0.0948 e. The number of rotatable bonds is 2. The zero-order valence-corrected chi connectivity index (χ0v) is 8.29. The molecule has 1 unspecified atom stereocenters. The highest BCUT2D eigenvalue weighted by Crippen LogP contribution is 2.13. The van der Waals surface area contributed by atoms with Crippen LogP contribution in [0.1, 0.15) is 13.8 Å². The molecule has 0 bridgehead atoms. The Bertz CT molecular complexity index is 269. The van der Waals surface area contributed by atoms with Crippen molar-refractivity contribution in [3.05, 3.63) is 48.1 Å². The minimum Gasteiger partial charge on any atom is -0.366 e. The summed E-state index contributed by atoms with van der Waals surface area (Å²) < 4.78 is 5.54. The summed E-state index contributed by atoms with van der Waals surface area (Å²) in [5.74, 6) is 0. The molecule has 0 saturated carbocycles. The Labute approximate surface area is 80.1 Å². The van der Waals surface area contributed by atoms with Gasteiger partial charge in [0.15, 0.2) is 0 Å². The Kier molecular flexibility index (Phi) is 3.71. The molecule has 13 heavy (non-hydrogen) atoms. The first-order valence-corrected chi connectivity index (χ1v) is 4.52. The summed E-state index contributed by atoms with van der Waals surface area (Å²) in [5, 5.41) is 0. The molecule has 0 aromatic heterocycles. The van der Waals surface area contributed by atoms with Crippen LogP contribution in [-0.2, 0) is 4.74 Å². The van der Waals surface area contributed by atoms with Crippen molar-refractivity contribution in [2.75, 3.05) is 6.61 Å². The topological polar surface area (TPSA) is 9.23 Å². The quantitative estimate of drug-likeness (QED) is 0.588. The maximum Gasteiger partial charge on any atom is 0.0948 e. The molecule has 0 radical (unpaired) electrons. The fourth-order valence-electron chi connectivity index (χ4n) is 1.27. The van der Waals surface area contributed by atoms with Gasteiger partial charge in [-0.05, 0) is 31.1 Å². The third kappa shape index (κ3) is 3.03. The monoisotopic (exact) mass is 176 g/mol. The van der Waals surface area contributed by atoms with Crippen LogP contribution in [0.5, 0.6) is 0 Å². The Balaban J connectivity index is 2.87. The summed E-state index contributed by atoms with van der Waals surface area (Å²) in [6, 6.07) is 0. The third-order valence-electron chi connectivity index (χ3n) is 1.86. The van der Waals surface area contributed by atoms with E-state index in [1.54, 1.807) is 0 Å². The highest BCUT2D eigenvalue weighted by atomic mass is 16.5. The van der Waals surface area contributed by atoms with E-state index in [1.165, 1.54) is 11.1 Å². The minimum atomic E-state index is 0.0416. The van der Waals surface area contributed by atoms with Crippen molar-refractivity contribution in [2.45, 2.75) is 20.0 Å². The van der Waals surface area contributed by atoms with E-state index in [4.69, 9.17) is 4.74 Å². The molecular formula is C12H16O. The van der Waals surface area contributed by atoms with Crippen LogP contribution in [-0.4, -0.2) is 12.7 Å². The largest absolute Gasteiger partial charge is 0.366 e. The Morgan fingerprint density at radius 3 is 3.00 bits per heavy atom. The van der Waals surface area contributed by atoms with Gasteiger partial charge < -0.3 is 4.74 Å².